The normalized spacial score (nSPS) is 12.6. The molecule has 1 unspecified atom stereocenters. The fourth-order valence-corrected chi connectivity index (χ4v) is 2.91. The maximum Gasteiger partial charge on any atom is 0.0294 e. The van der Waals surface area contributed by atoms with Crippen LogP contribution in [0.3, 0.4) is 0 Å². The minimum absolute atomic E-state index is 0.420. The molecule has 2 rings (SSSR count). The van der Waals surface area contributed by atoms with Crippen molar-refractivity contribution in [2.45, 2.75) is 33.2 Å². The van der Waals surface area contributed by atoms with Gasteiger partial charge < -0.3 is 5.32 Å². The standard InChI is InChI=1S/C16H21NS/c1-12-4-5-13(2)16(10-12)14(3)17-8-6-15-7-9-18-11-15/h4-5,7,9-11,14,17H,6,8H2,1-3H3. The first-order chi connectivity index (χ1) is 8.66. The predicted molar refractivity (Wildman–Crippen MR) is 80.4 cm³/mol. The molecule has 0 radical (unpaired) electrons. The highest BCUT2D eigenvalue weighted by Gasteiger charge is 2.07. The predicted octanol–water partition coefficient (Wildman–Crippen LogP) is 4.26. The van der Waals surface area contributed by atoms with E-state index in [-0.39, 0.29) is 0 Å². The summed E-state index contributed by atoms with van der Waals surface area (Å²) in [5, 5.41) is 7.98. The number of benzene rings is 1. The molecule has 1 heterocycles. The van der Waals surface area contributed by atoms with Crippen molar-refractivity contribution in [2.24, 2.45) is 0 Å². The van der Waals surface area contributed by atoms with Gasteiger partial charge in [-0.2, -0.15) is 11.3 Å². The van der Waals surface area contributed by atoms with E-state index < -0.39 is 0 Å². The summed E-state index contributed by atoms with van der Waals surface area (Å²) in [4.78, 5) is 0. The van der Waals surface area contributed by atoms with Crippen molar-refractivity contribution in [2.75, 3.05) is 6.54 Å². The van der Waals surface area contributed by atoms with E-state index in [4.69, 9.17) is 0 Å². The zero-order valence-electron chi connectivity index (χ0n) is 11.4. The first-order valence-corrected chi connectivity index (χ1v) is 7.42. The molecule has 0 fully saturated rings. The third kappa shape index (κ3) is 3.44. The fourth-order valence-electron chi connectivity index (χ4n) is 2.20. The van der Waals surface area contributed by atoms with Crippen molar-refractivity contribution in [1.29, 1.82) is 0 Å². The molecule has 0 saturated heterocycles. The van der Waals surface area contributed by atoms with E-state index in [1.54, 1.807) is 11.3 Å². The van der Waals surface area contributed by atoms with E-state index in [2.05, 4.69) is 61.1 Å². The molecule has 0 amide bonds. The molecule has 0 bridgehead atoms. The van der Waals surface area contributed by atoms with Crippen LogP contribution in [0.5, 0.6) is 0 Å². The van der Waals surface area contributed by atoms with Gasteiger partial charge in [0.25, 0.3) is 0 Å². The van der Waals surface area contributed by atoms with E-state index in [1.807, 2.05) is 0 Å². The van der Waals surface area contributed by atoms with Crippen molar-refractivity contribution < 1.29 is 0 Å². The van der Waals surface area contributed by atoms with E-state index in [9.17, 15) is 0 Å². The number of nitrogens with one attached hydrogen (secondary N) is 1. The Kier molecular flexibility index (Phi) is 4.56. The maximum atomic E-state index is 3.61. The average molecular weight is 259 g/mol. The number of aryl methyl sites for hydroxylation is 2. The molecule has 18 heavy (non-hydrogen) atoms. The lowest BCUT2D eigenvalue weighted by Gasteiger charge is -2.17. The van der Waals surface area contributed by atoms with Crippen LogP contribution >= 0.6 is 11.3 Å². The summed E-state index contributed by atoms with van der Waals surface area (Å²) >= 11 is 1.77. The quantitative estimate of drug-likeness (QED) is 0.846. The lowest BCUT2D eigenvalue weighted by Crippen LogP contribution is -2.22. The second-order valence-electron chi connectivity index (χ2n) is 4.92. The van der Waals surface area contributed by atoms with Crippen LogP contribution in [0.4, 0.5) is 0 Å². The van der Waals surface area contributed by atoms with Crippen molar-refractivity contribution >= 4 is 11.3 Å². The lowest BCUT2D eigenvalue weighted by atomic mass is 10.00. The zero-order chi connectivity index (χ0) is 13.0. The summed E-state index contributed by atoms with van der Waals surface area (Å²) in [6.07, 6.45) is 1.11. The van der Waals surface area contributed by atoms with Crippen LogP contribution in [0.15, 0.2) is 35.0 Å². The third-order valence-electron chi connectivity index (χ3n) is 3.35. The Hall–Kier alpha value is -1.12. The summed E-state index contributed by atoms with van der Waals surface area (Å²) in [6, 6.07) is 9.30. The van der Waals surface area contributed by atoms with Gasteiger partial charge >= 0.3 is 0 Å². The molecular weight excluding hydrogens is 238 g/mol. The van der Waals surface area contributed by atoms with Gasteiger partial charge in [-0.15, -0.1) is 0 Å². The minimum atomic E-state index is 0.420. The van der Waals surface area contributed by atoms with Crippen molar-refractivity contribution in [3.05, 3.63) is 57.3 Å². The number of hydrogen-bond donors (Lipinski definition) is 1. The van der Waals surface area contributed by atoms with Gasteiger partial charge in [0.2, 0.25) is 0 Å². The third-order valence-corrected chi connectivity index (χ3v) is 4.08. The highest BCUT2D eigenvalue weighted by Crippen LogP contribution is 2.18. The first-order valence-electron chi connectivity index (χ1n) is 6.48. The van der Waals surface area contributed by atoms with Gasteiger partial charge in [0, 0.05) is 6.04 Å². The van der Waals surface area contributed by atoms with Gasteiger partial charge in [-0.1, -0.05) is 23.8 Å². The Morgan fingerprint density at radius 2 is 2.06 bits per heavy atom. The van der Waals surface area contributed by atoms with Crippen molar-refractivity contribution in [1.82, 2.24) is 5.32 Å². The second-order valence-corrected chi connectivity index (χ2v) is 5.70. The summed E-state index contributed by atoms with van der Waals surface area (Å²) in [6.45, 7) is 7.62. The fraction of sp³-hybridized carbons (Fsp3) is 0.375. The van der Waals surface area contributed by atoms with Gasteiger partial charge in [0.05, 0.1) is 0 Å². The van der Waals surface area contributed by atoms with Crippen LogP contribution in [0, 0.1) is 13.8 Å². The molecule has 2 aromatic rings. The Balaban J connectivity index is 1.91. The Labute approximate surface area is 114 Å². The first kappa shape index (κ1) is 13.3. The minimum Gasteiger partial charge on any atom is -0.310 e. The average Bonchev–Trinajstić information content (AvgIpc) is 2.85. The molecule has 0 saturated carbocycles. The van der Waals surface area contributed by atoms with Crippen LogP contribution in [0.25, 0.3) is 0 Å². The molecule has 1 nitrogen and oxygen atoms in total. The van der Waals surface area contributed by atoms with E-state index in [0.717, 1.165) is 13.0 Å². The maximum absolute atomic E-state index is 3.61. The van der Waals surface area contributed by atoms with Crippen LogP contribution < -0.4 is 5.32 Å². The summed E-state index contributed by atoms with van der Waals surface area (Å²) < 4.78 is 0. The van der Waals surface area contributed by atoms with Crippen LogP contribution in [-0.2, 0) is 6.42 Å². The number of hydrogen-bond acceptors (Lipinski definition) is 2. The van der Waals surface area contributed by atoms with E-state index in [0.29, 0.717) is 6.04 Å². The van der Waals surface area contributed by atoms with Crippen molar-refractivity contribution in [3.8, 4) is 0 Å². The monoisotopic (exact) mass is 259 g/mol. The van der Waals surface area contributed by atoms with E-state index >= 15 is 0 Å². The van der Waals surface area contributed by atoms with Crippen LogP contribution in [0.1, 0.15) is 35.2 Å². The molecule has 1 N–H and O–H groups in total. The topological polar surface area (TPSA) is 12.0 Å². The molecule has 96 valence electrons. The molecule has 0 aliphatic carbocycles. The Bertz CT molecular complexity index is 488. The number of rotatable bonds is 5. The molecule has 1 atom stereocenters. The molecule has 0 aliphatic rings. The SMILES string of the molecule is Cc1ccc(C)c(C(C)NCCc2ccsc2)c1. The molecular formula is C16H21NS. The molecule has 2 heteroatoms. The van der Waals surface area contributed by atoms with Gasteiger partial charge in [0.1, 0.15) is 0 Å². The Morgan fingerprint density at radius 3 is 2.78 bits per heavy atom. The van der Waals surface area contributed by atoms with Gasteiger partial charge in [-0.3, -0.25) is 0 Å². The largest absolute Gasteiger partial charge is 0.310 e. The molecule has 0 aliphatic heterocycles. The summed E-state index contributed by atoms with van der Waals surface area (Å²) in [5.41, 5.74) is 5.55. The zero-order valence-corrected chi connectivity index (χ0v) is 12.2. The highest BCUT2D eigenvalue weighted by molar-refractivity contribution is 7.07. The summed E-state index contributed by atoms with van der Waals surface area (Å²) in [7, 11) is 0. The van der Waals surface area contributed by atoms with Gasteiger partial charge in [0.15, 0.2) is 0 Å². The highest BCUT2D eigenvalue weighted by atomic mass is 32.1. The molecule has 1 aromatic carbocycles. The van der Waals surface area contributed by atoms with E-state index in [1.165, 1.54) is 22.3 Å². The van der Waals surface area contributed by atoms with Crippen LogP contribution in [0.2, 0.25) is 0 Å². The van der Waals surface area contributed by atoms with Crippen molar-refractivity contribution in [3.63, 3.8) is 0 Å². The Morgan fingerprint density at radius 1 is 1.22 bits per heavy atom. The second kappa shape index (κ2) is 6.17. The van der Waals surface area contributed by atoms with Crippen LogP contribution in [-0.4, -0.2) is 6.54 Å². The molecule has 0 spiro atoms. The smallest absolute Gasteiger partial charge is 0.0294 e. The molecule has 1 aromatic heterocycles. The van der Waals surface area contributed by atoms with Gasteiger partial charge in [-0.25, -0.2) is 0 Å². The summed E-state index contributed by atoms with van der Waals surface area (Å²) in [5.74, 6) is 0. The lowest BCUT2D eigenvalue weighted by molar-refractivity contribution is 0.574. The number of thiophene rings is 1. The van der Waals surface area contributed by atoms with Gasteiger partial charge in [-0.05, 0) is 67.3 Å².